The first kappa shape index (κ1) is 12.4. The van der Waals surface area contributed by atoms with Gasteiger partial charge in [0.2, 0.25) is 5.95 Å². The summed E-state index contributed by atoms with van der Waals surface area (Å²) in [5.74, 6) is 1.06. The molecule has 0 atom stereocenters. The van der Waals surface area contributed by atoms with Gasteiger partial charge in [0.15, 0.2) is 5.65 Å². The van der Waals surface area contributed by atoms with Crippen LogP contribution in [0.1, 0.15) is 18.4 Å². The van der Waals surface area contributed by atoms with Gasteiger partial charge in [-0.15, -0.1) is 5.10 Å². The Morgan fingerprint density at radius 2 is 2.11 bits per heavy atom. The predicted molar refractivity (Wildman–Crippen MR) is 73.0 cm³/mol. The van der Waals surface area contributed by atoms with Crippen molar-refractivity contribution >= 4 is 21.4 Å². The van der Waals surface area contributed by atoms with E-state index in [-0.39, 0.29) is 17.5 Å². The molecule has 2 aromatic heterocycles. The third-order valence-electron chi connectivity index (χ3n) is 3.45. The summed E-state index contributed by atoms with van der Waals surface area (Å²) in [4.78, 5) is 4.43. The standard InChI is InChI=1S/C12H16N4O2S/c1-9-3-2-6-16-11(9)14-12(15-16)13-10-4-7-19(17,18)8-5-10/h2-3,6,10H,4-5,7-8H2,1H3,(H,13,15). The number of sulfone groups is 1. The van der Waals surface area contributed by atoms with Gasteiger partial charge in [-0.25, -0.2) is 12.9 Å². The number of pyridine rings is 1. The molecule has 0 radical (unpaired) electrons. The normalized spacial score (nSPS) is 19.6. The number of rotatable bonds is 2. The van der Waals surface area contributed by atoms with E-state index in [2.05, 4.69) is 15.4 Å². The maximum absolute atomic E-state index is 11.4. The van der Waals surface area contributed by atoms with Gasteiger partial charge >= 0.3 is 0 Å². The van der Waals surface area contributed by atoms with Crippen molar-refractivity contribution in [3.8, 4) is 0 Å². The van der Waals surface area contributed by atoms with Crippen LogP contribution in [0.5, 0.6) is 0 Å². The minimum atomic E-state index is -2.83. The molecule has 0 unspecified atom stereocenters. The Kier molecular flexibility index (Phi) is 2.93. The largest absolute Gasteiger partial charge is 0.350 e. The van der Waals surface area contributed by atoms with Crippen LogP contribution in [-0.4, -0.2) is 40.6 Å². The van der Waals surface area contributed by atoms with Crippen LogP contribution >= 0.6 is 0 Å². The Balaban J connectivity index is 1.77. The SMILES string of the molecule is Cc1cccn2nc(NC3CCS(=O)(=O)CC3)nc12. The molecule has 1 saturated heterocycles. The molecule has 1 fully saturated rings. The highest BCUT2D eigenvalue weighted by molar-refractivity contribution is 7.91. The molecule has 2 aromatic rings. The first-order chi connectivity index (χ1) is 9.03. The van der Waals surface area contributed by atoms with Gasteiger partial charge in [-0.3, -0.25) is 0 Å². The smallest absolute Gasteiger partial charge is 0.243 e. The van der Waals surface area contributed by atoms with Crippen molar-refractivity contribution < 1.29 is 8.42 Å². The molecule has 1 aliphatic rings. The third kappa shape index (κ3) is 2.56. The van der Waals surface area contributed by atoms with Gasteiger partial charge in [0.25, 0.3) is 0 Å². The van der Waals surface area contributed by atoms with E-state index < -0.39 is 9.84 Å². The molecule has 0 saturated carbocycles. The monoisotopic (exact) mass is 280 g/mol. The molecule has 1 N–H and O–H groups in total. The summed E-state index contributed by atoms with van der Waals surface area (Å²) in [5.41, 5.74) is 1.89. The van der Waals surface area contributed by atoms with Gasteiger partial charge in [-0.05, 0) is 31.4 Å². The Hall–Kier alpha value is -1.63. The summed E-state index contributed by atoms with van der Waals surface area (Å²) >= 11 is 0. The maximum Gasteiger partial charge on any atom is 0.243 e. The summed E-state index contributed by atoms with van der Waals surface area (Å²) in [6, 6.07) is 4.05. The Morgan fingerprint density at radius 1 is 1.37 bits per heavy atom. The summed E-state index contributed by atoms with van der Waals surface area (Å²) in [6.07, 6.45) is 3.10. The van der Waals surface area contributed by atoms with Crippen molar-refractivity contribution in [1.29, 1.82) is 0 Å². The third-order valence-corrected chi connectivity index (χ3v) is 5.16. The number of aromatic nitrogens is 3. The molecule has 1 aliphatic heterocycles. The van der Waals surface area contributed by atoms with Gasteiger partial charge in [0.05, 0.1) is 11.5 Å². The molecule has 0 bridgehead atoms. The molecule has 0 spiro atoms. The van der Waals surface area contributed by atoms with Crippen molar-refractivity contribution in [2.75, 3.05) is 16.8 Å². The molecule has 6 nitrogen and oxygen atoms in total. The van der Waals surface area contributed by atoms with Crippen LogP contribution in [0.25, 0.3) is 5.65 Å². The molecule has 19 heavy (non-hydrogen) atoms. The van der Waals surface area contributed by atoms with E-state index in [1.165, 1.54) is 0 Å². The molecule has 0 amide bonds. The van der Waals surface area contributed by atoms with Crippen LogP contribution in [0.4, 0.5) is 5.95 Å². The summed E-state index contributed by atoms with van der Waals surface area (Å²) < 4.78 is 24.5. The first-order valence-corrected chi connectivity index (χ1v) is 8.15. The van der Waals surface area contributed by atoms with E-state index in [0.29, 0.717) is 18.8 Å². The Morgan fingerprint density at radius 3 is 2.79 bits per heavy atom. The molecule has 0 aliphatic carbocycles. The van der Waals surface area contributed by atoms with E-state index in [9.17, 15) is 8.42 Å². The fourth-order valence-electron chi connectivity index (χ4n) is 2.32. The second-order valence-corrected chi connectivity index (χ2v) is 7.27. The van der Waals surface area contributed by atoms with Gasteiger partial charge in [0.1, 0.15) is 9.84 Å². The number of hydrogen-bond donors (Lipinski definition) is 1. The lowest BCUT2D eigenvalue weighted by Crippen LogP contribution is -2.32. The predicted octanol–water partition coefficient (Wildman–Crippen LogP) is 1.03. The average molecular weight is 280 g/mol. The summed E-state index contributed by atoms with van der Waals surface area (Å²) in [5, 5.41) is 7.58. The zero-order valence-corrected chi connectivity index (χ0v) is 11.5. The highest BCUT2D eigenvalue weighted by Crippen LogP contribution is 2.17. The average Bonchev–Trinajstić information content (AvgIpc) is 2.76. The summed E-state index contributed by atoms with van der Waals surface area (Å²) in [7, 11) is -2.83. The lowest BCUT2D eigenvalue weighted by atomic mass is 10.2. The highest BCUT2D eigenvalue weighted by Gasteiger charge is 2.24. The van der Waals surface area contributed by atoms with Crippen LogP contribution in [0.15, 0.2) is 18.3 Å². The Labute approximate surface area is 111 Å². The van der Waals surface area contributed by atoms with Crippen molar-refractivity contribution in [2.45, 2.75) is 25.8 Å². The molecule has 3 heterocycles. The van der Waals surface area contributed by atoms with Crippen molar-refractivity contribution in [3.63, 3.8) is 0 Å². The molecular formula is C12H16N4O2S. The van der Waals surface area contributed by atoms with Crippen LogP contribution < -0.4 is 5.32 Å². The maximum atomic E-state index is 11.4. The van der Waals surface area contributed by atoms with Crippen LogP contribution in [-0.2, 0) is 9.84 Å². The van der Waals surface area contributed by atoms with E-state index in [4.69, 9.17) is 0 Å². The van der Waals surface area contributed by atoms with Gasteiger partial charge in [0, 0.05) is 12.2 Å². The van der Waals surface area contributed by atoms with Crippen molar-refractivity contribution in [3.05, 3.63) is 23.9 Å². The zero-order valence-electron chi connectivity index (χ0n) is 10.7. The fourth-order valence-corrected chi connectivity index (χ4v) is 3.81. The van der Waals surface area contributed by atoms with Crippen LogP contribution in [0, 0.1) is 6.92 Å². The molecule has 0 aromatic carbocycles. The number of nitrogens with zero attached hydrogens (tertiary/aromatic N) is 3. The number of aryl methyl sites for hydroxylation is 1. The minimum Gasteiger partial charge on any atom is -0.350 e. The van der Waals surface area contributed by atoms with E-state index >= 15 is 0 Å². The van der Waals surface area contributed by atoms with E-state index in [1.54, 1.807) is 4.52 Å². The van der Waals surface area contributed by atoms with Gasteiger partial charge < -0.3 is 5.32 Å². The molecule has 3 rings (SSSR count). The number of nitrogens with one attached hydrogen (secondary N) is 1. The number of anilines is 1. The van der Waals surface area contributed by atoms with Crippen LogP contribution in [0.3, 0.4) is 0 Å². The topological polar surface area (TPSA) is 76.4 Å². The van der Waals surface area contributed by atoms with Crippen LogP contribution in [0.2, 0.25) is 0 Å². The summed E-state index contributed by atoms with van der Waals surface area (Å²) in [6.45, 7) is 1.99. The number of hydrogen-bond acceptors (Lipinski definition) is 5. The quantitative estimate of drug-likeness (QED) is 0.889. The van der Waals surface area contributed by atoms with Crippen molar-refractivity contribution in [1.82, 2.24) is 14.6 Å². The second kappa shape index (κ2) is 4.48. The first-order valence-electron chi connectivity index (χ1n) is 6.32. The van der Waals surface area contributed by atoms with E-state index in [0.717, 1.165) is 11.2 Å². The van der Waals surface area contributed by atoms with Gasteiger partial charge in [-0.2, -0.15) is 4.98 Å². The zero-order chi connectivity index (χ0) is 13.5. The minimum absolute atomic E-state index is 0.140. The lowest BCUT2D eigenvalue weighted by Gasteiger charge is -2.22. The van der Waals surface area contributed by atoms with E-state index in [1.807, 2.05) is 25.3 Å². The lowest BCUT2D eigenvalue weighted by molar-refractivity contribution is 0.558. The van der Waals surface area contributed by atoms with Crippen molar-refractivity contribution in [2.24, 2.45) is 0 Å². The highest BCUT2D eigenvalue weighted by atomic mass is 32.2. The molecule has 7 heteroatoms. The Bertz CT molecular complexity index is 694. The fraction of sp³-hybridized carbons (Fsp3) is 0.500. The van der Waals surface area contributed by atoms with Gasteiger partial charge in [-0.1, -0.05) is 6.07 Å². The molecular weight excluding hydrogens is 264 g/mol. The second-order valence-electron chi connectivity index (χ2n) is 4.97. The number of fused-ring (bicyclic) bond motifs is 1. The molecule has 102 valence electrons.